The zero-order valence-electron chi connectivity index (χ0n) is 18.9. The monoisotopic (exact) mass is 458 g/mol. The van der Waals surface area contributed by atoms with Gasteiger partial charge < -0.3 is 19.9 Å². The second-order valence-corrected chi connectivity index (χ2v) is 9.43. The Bertz CT molecular complexity index is 1060. The zero-order chi connectivity index (χ0) is 24.1. The molecule has 0 spiro atoms. The van der Waals surface area contributed by atoms with Crippen molar-refractivity contribution in [3.05, 3.63) is 41.4 Å². The molecule has 2 fully saturated rings. The molecule has 33 heavy (non-hydrogen) atoms. The number of hydrogen-bond donors (Lipinski definition) is 1. The Morgan fingerprint density at radius 1 is 1.09 bits per heavy atom. The molecular formula is C23H27FN4O5. The van der Waals surface area contributed by atoms with Crippen LogP contribution in [0.4, 0.5) is 14.9 Å². The third kappa shape index (κ3) is 4.29. The Morgan fingerprint density at radius 3 is 2.27 bits per heavy atom. The van der Waals surface area contributed by atoms with Gasteiger partial charge in [0, 0.05) is 31.9 Å². The Hall–Kier alpha value is -3.43. The lowest BCUT2D eigenvalue weighted by molar-refractivity contribution is -0.125. The molecule has 9 nitrogen and oxygen atoms in total. The number of carbonyl (C=O) groups excluding carboxylic acids is 4. The standard InChI is InChI=1S/C23H27FN4O5/c1-13-5-6-17(19(29)25-13)28-20(30)14-11-16(24)18(12-15(14)21(28)31)26-7-9-27(10-8-26)22(32)33-23(2,3)4/h11-12,17H,1,5-10H2,2-4H3,(H,25,29). The minimum atomic E-state index is -0.952. The van der Waals surface area contributed by atoms with E-state index in [1.165, 1.54) is 6.07 Å². The summed E-state index contributed by atoms with van der Waals surface area (Å²) in [7, 11) is 0. The average Bonchev–Trinajstić information content (AvgIpc) is 2.96. The molecule has 2 saturated heterocycles. The van der Waals surface area contributed by atoms with Crippen LogP contribution in [-0.4, -0.2) is 71.4 Å². The Labute approximate surface area is 191 Å². The minimum absolute atomic E-state index is 0.0501. The average molecular weight is 458 g/mol. The highest BCUT2D eigenvalue weighted by molar-refractivity contribution is 6.23. The molecule has 1 atom stereocenters. The highest BCUT2D eigenvalue weighted by atomic mass is 19.1. The summed E-state index contributed by atoms with van der Waals surface area (Å²) in [5.74, 6) is -2.40. The van der Waals surface area contributed by atoms with Gasteiger partial charge in [-0.05, 0) is 45.7 Å². The van der Waals surface area contributed by atoms with Gasteiger partial charge in [-0.3, -0.25) is 19.3 Å². The number of nitrogens with zero attached hydrogens (tertiary/aromatic N) is 3. The molecule has 0 bridgehead atoms. The van der Waals surface area contributed by atoms with Gasteiger partial charge in [0.05, 0.1) is 16.8 Å². The predicted molar refractivity (Wildman–Crippen MR) is 117 cm³/mol. The number of fused-ring (bicyclic) bond motifs is 1. The summed E-state index contributed by atoms with van der Waals surface area (Å²) in [5, 5.41) is 2.57. The topological polar surface area (TPSA) is 99.3 Å². The minimum Gasteiger partial charge on any atom is -0.444 e. The van der Waals surface area contributed by atoms with Gasteiger partial charge in [-0.2, -0.15) is 0 Å². The quantitative estimate of drug-likeness (QED) is 0.683. The van der Waals surface area contributed by atoms with E-state index in [1.54, 1.807) is 30.6 Å². The van der Waals surface area contributed by atoms with Crippen LogP contribution in [0.25, 0.3) is 0 Å². The van der Waals surface area contributed by atoms with Crippen LogP contribution in [0.5, 0.6) is 0 Å². The molecule has 0 saturated carbocycles. The highest BCUT2D eigenvalue weighted by Crippen LogP contribution is 2.33. The summed E-state index contributed by atoms with van der Waals surface area (Å²) < 4.78 is 20.4. The van der Waals surface area contributed by atoms with Gasteiger partial charge in [0.1, 0.15) is 17.5 Å². The molecule has 10 heteroatoms. The predicted octanol–water partition coefficient (Wildman–Crippen LogP) is 2.27. The lowest BCUT2D eigenvalue weighted by Gasteiger charge is -2.37. The largest absolute Gasteiger partial charge is 0.444 e. The van der Waals surface area contributed by atoms with E-state index >= 15 is 0 Å². The number of allylic oxidation sites excluding steroid dienone is 1. The first-order chi connectivity index (χ1) is 15.5. The van der Waals surface area contributed by atoms with E-state index in [0.717, 1.165) is 11.0 Å². The molecule has 0 radical (unpaired) electrons. The first kappa shape index (κ1) is 22.8. The number of piperidine rings is 1. The van der Waals surface area contributed by atoms with Gasteiger partial charge in [0.25, 0.3) is 11.8 Å². The van der Waals surface area contributed by atoms with E-state index in [1.807, 2.05) is 0 Å². The second-order valence-electron chi connectivity index (χ2n) is 9.43. The molecule has 1 N–H and O–H groups in total. The number of nitrogens with one attached hydrogen (secondary N) is 1. The van der Waals surface area contributed by atoms with Gasteiger partial charge in [-0.15, -0.1) is 0 Å². The SMILES string of the molecule is C=C1CCC(N2C(=O)c3cc(F)c(N4CCN(C(=O)OC(C)(C)C)CC4)cc3C2=O)C(=O)N1. The van der Waals surface area contributed by atoms with Crippen molar-refractivity contribution in [2.24, 2.45) is 0 Å². The fourth-order valence-corrected chi connectivity index (χ4v) is 4.26. The van der Waals surface area contributed by atoms with Gasteiger partial charge in [-0.25, -0.2) is 9.18 Å². The third-order valence-corrected chi connectivity index (χ3v) is 5.89. The van der Waals surface area contributed by atoms with E-state index in [0.29, 0.717) is 38.3 Å². The summed E-state index contributed by atoms with van der Waals surface area (Å²) >= 11 is 0. The van der Waals surface area contributed by atoms with Crippen LogP contribution >= 0.6 is 0 Å². The fourth-order valence-electron chi connectivity index (χ4n) is 4.26. The third-order valence-electron chi connectivity index (χ3n) is 5.89. The van der Waals surface area contributed by atoms with Crippen molar-refractivity contribution in [1.82, 2.24) is 15.1 Å². The molecule has 0 aromatic heterocycles. The second kappa shape index (κ2) is 8.17. The number of amides is 4. The Kier molecular flexibility index (Phi) is 5.63. The number of rotatable bonds is 2. The van der Waals surface area contributed by atoms with E-state index in [2.05, 4.69) is 11.9 Å². The molecule has 0 aliphatic carbocycles. The van der Waals surface area contributed by atoms with Gasteiger partial charge >= 0.3 is 6.09 Å². The van der Waals surface area contributed by atoms with Crippen LogP contribution in [0.2, 0.25) is 0 Å². The van der Waals surface area contributed by atoms with E-state index < -0.39 is 41.3 Å². The maximum Gasteiger partial charge on any atom is 0.410 e. The lowest BCUT2D eigenvalue weighted by Crippen LogP contribution is -2.51. The van der Waals surface area contributed by atoms with E-state index in [4.69, 9.17) is 4.74 Å². The summed E-state index contributed by atoms with van der Waals surface area (Å²) in [5.41, 5.74) is 0.129. The van der Waals surface area contributed by atoms with Crippen molar-refractivity contribution in [3.63, 3.8) is 0 Å². The Morgan fingerprint density at radius 2 is 1.70 bits per heavy atom. The van der Waals surface area contributed by atoms with Crippen molar-refractivity contribution in [3.8, 4) is 0 Å². The molecule has 1 unspecified atom stereocenters. The number of imide groups is 1. The molecule has 4 amide bonds. The zero-order valence-corrected chi connectivity index (χ0v) is 18.9. The molecule has 4 rings (SSSR count). The number of ether oxygens (including phenoxy) is 1. The van der Waals surface area contributed by atoms with Crippen LogP contribution in [0, 0.1) is 5.82 Å². The number of anilines is 1. The van der Waals surface area contributed by atoms with Crippen LogP contribution in [-0.2, 0) is 9.53 Å². The number of hydrogen-bond acceptors (Lipinski definition) is 6. The first-order valence-corrected chi connectivity index (χ1v) is 10.9. The molecule has 3 heterocycles. The molecule has 3 aliphatic rings. The van der Waals surface area contributed by atoms with Crippen molar-refractivity contribution in [2.75, 3.05) is 31.1 Å². The number of halogens is 1. The van der Waals surface area contributed by atoms with Crippen LogP contribution in [0.15, 0.2) is 24.4 Å². The number of benzene rings is 1. The van der Waals surface area contributed by atoms with Crippen molar-refractivity contribution >= 4 is 29.5 Å². The first-order valence-electron chi connectivity index (χ1n) is 10.9. The normalized spacial score (nSPS) is 21.3. The summed E-state index contributed by atoms with van der Waals surface area (Å²) in [4.78, 5) is 54.7. The fraction of sp³-hybridized carbons (Fsp3) is 0.478. The summed E-state index contributed by atoms with van der Waals surface area (Å²) in [6.45, 7) is 10.4. The Balaban J connectivity index is 1.51. The molecular weight excluding hydrogens is 431 g/mol. The van der Waals surface area contributed by atoms with Crippen LogP contribution in [0.1, 0.15) is 54.3 Å². The van der Waals surface area contributed by atoms with Gasteiger partial charge in [0.2, 0.25) is 5.91 Å². The maximum atomic E-state index is 15.0. The maximum absolute atomic E-state index is 15.0. The smallest absolute Gasteiger partial charge is 0.410 e. The van der Waals surface area contributed by atoms with Gasteiger partial charge in [-0.1, -0.05) is 6.58 Å². The number of piperazine rings is 1. The van der Waals surface area contributed by atoms with Crippen molar-refractivity contribution in [1.29, 1.82) is 0 Å². The van der Waals surface area contributed by atoms with Crippen molar-refractivity contribution < 1.29 is 28.3 Å². The summed E-state index contributed by atoms with van der Waals surface area (Å²) in [6, 6.07) is 1.48. The van der Waals surface area contributed by atoms with Crippen LogP contribution < -0.4 is 10.2 Å². The highest BCUT2D eigenvalue weighted by Gasteiger charge is 2.44. The van der Waals surface area contributed by atoms with E-state index in [9.17, 15) is 23.6 Å². The molecule has 176 valence electrons. The summed E-state index contributed by atoms with van der Waals surface area (Å²) in [6.07, 6.45) is 0.296. The van der Waals surface area contributed by atoms with Crippen LogP contribution in [0.3, 0.4) is 0 Å². The van der Waals surface area contributed by atoms with Crippen molar-refractivity contribution in [2.45, 2.75) is 45.3 Å². The lowest BCUT2D eigenvalue weighted by atomic mass is 10.0. The van der Waals surface area contributed by atoms with Gasteiger partial charge in [0.15, 0.2) is 0 Å². The molecule has 1 aromatic rings. The van der Waals surface area contributed by atoms with E-state index in [-0.39, 0.29) is 23.2 Å². The molecule has 3 aliphatic heterocycles. The molecule has 1 aromatic carbocycles. The number of carbonyl (C=O) groups is 4.